The molecule has 0 fully saturated rings. The van der Waals surface area contributed by atoms with Crippen molar-refractivity contribution in [3.8, 4) is 11.1 Å². The molecule has 6 rings (SSSR count). The summed E-state index contributed by atoms with van der Waals surface area (Å²) in [5.41, 5.74) is 9.65. The average Bonchev–Trinajstić information content (AvgIpc) is 3.28. The molecule has 0 saturated carbocycles. The lowest BCUT2D eigenvalue weighted by Crippen LogP contribution is -2.14. The summed E-state index contributed by atoms with van der Waals surface area (Å²) in [6.07, 6.45) is 0. The van der Waals surface area contributed by atoms with E-state index in [1.165, 1.54) is 44.2 Å². The van der Waals surface area contributed by atoms with Crippen molar-refractivity contribution in [3.63, 3.8) is 0 Å². The Kier molecular flexibility index (Phi) is 5.38. The molecule has 5 aromatic carbocycles. The molecular weight excluding hydrogens is 436 g/mol. The van der Waals surface area contributed by atoms with Crippen LogP contribution in [0, 0.1) is 0 Å². The zero-order chi connectivity index (χ0) is 24.7. The van der Waals surface area contributed by atoms with Crippen LogP contribution in [0.25, 0.3) is 32.9 Å². The normalized spacial score (nSPS) is 11.8. The Morgan fingerprint density at radius 1 is 0.500 bits per heavy atom. The first-order valence-electron chi connectivity index (χ1n) is 12.5. The molecule has 1 N–H and O–H groups in total. The molecule has 176 valence electrons. The lowest BCUT2D eigenvalue weighted by molar-refractivity contribution is 0.590. The van der Waals surface area contributed by atoms with Crippen LogP contribution in [0.15, 0.2) is 121 Å². The number of aromatic nitrogens is 1. The number of aromatic amines is 1. The van der Waals surface area contributed by atoms with Gasteiger partial charge in [-0.2, -0.15) is 0 Å². The Labute approximate surface area is 212 Å². The highest BCUT2D eigenvalue weighted by Gasteiger charge is 2.18. The van der Waals surface area contributed by atoms with Gasteiger partial charge in [-0.1, -0.05) is 87.5 Å². The minimum atomic E-state index is 0.0866. The summed E-state index contributed by atoms with van der Waals surface area (Å²) >= 11 is 0. The highest BCUT2D eigenvalue weighted by atomic mass is 15.1. The van der Waals surface area contributed by atoms with E-state index >= 15 is 0 Å². The molecule has 0 unspecified atom stereocenters. The molecular formula is C34H30N2. The topological polar surface area (TPSA) is 19.0 Å². The maximum absolute atomic E-state index is 3.53. The van der Waals surface area contributed by atoms with Crippen molar-refractivity contribution < 1.29 is 0 Å². The number of para-hydroxylation sites is 2. The second-order valence-corrected chi connectivity index (χ2v) is 10.4. The molecule has 0 radical (unpaired) electrons. The SMILES string of the molecule is CC(C)(C)c1cccc(N(c2ccccc2)c2ccc(-c3ccc4[nH]c5ccccc5c4c3)cc2)c1. The monoisotopic (exact) mass is 466 g/mol. The van der Waals surface area contributed by atoms with Gasteiger partial charge in [0, 0.05) is 38.9 Å². The second-order valence-electron chi connectivity index (χ2n) is 10.4. The van der Waals surface area contributed by atoms with Gasteiger partial charge in [-0.3, -0.25) is 0 Å². The number of fused-ring (bicyclic) bond motifs is 3. The van der Waals surface area contributed by atoms with Crippen LogP contribution in [0.2, 0.25) is 0 Å². The van der Waals surface area contributed by atoms with Crippen LogP contribution in [-0.2, 0) is 5.41 Å². The summed E-state index contributed by atoms with van der Waals surface area (Å²) in [7, 11) is 0. The lowest BCUT2D eigenvalue weighted by atomic mass is 9.87. The molecule has 1 heterocycles. The van der Waals surface area contributed by atoms with Crippen molar-refractivity contribution in [2.45, 2.75) is 26.2 Å². The highest BCUT2D eigenvalue weighted by Crippen LogP contribution is 2.38. The van der Waals surface area contributed by atoms with E-state index in [4.69, 9.17) is 0 Å². The van der Waals surface area contributed by atoms with Crippen LogP contribution in [0.1, 0.15) is 26.3 Å². The Hall–Kier alpha value is -4.30. The second kappa shape index (κ2) is 8.73. The Bertz CT molecular complexity index is 1650. The highest BCUT2D eigenvalue weighted by molar-refractivity contribution is 6.08. The van der Waals surface area contributed by atoms with Crippen molar-refractivity contribution in [1.29, 1.82) is 0 Å². The predicted molar refractivity (Wildman–Crippen MR) is 155 cm³/mol. The first-order valence-corrected chi connectivity index (χ1v) is 12.5. The molecule has 0 aliphatic rings. The first kappa shape index (κ1) is 22.2. The maximum atomic E-state index is 3.53. The van der Waals surface area contributed by atoms with Crippen LogP contribution in [0.3, 0.4) is 0 Å². The quantitative estimate of drug-likeness (QED) is 0.274. The molecule has 1 aromatic heterocycles. The smallest absolute Gasteiger partial charge is 0.0465 e. The molecule has 2 heteroatoms. The molecule has 36 heavy (non-hydrogen) atoms. The number of rotatable bonds is 4. The van der Waals surface area contributed by atoms with Crippen LogP contribution in [0.4, 0.5) is 17.1 Å². The van der Waals surface area contributed by atoms with E-state index in [-0.39, 0.29) is 5.41 Å². The number of benzene rings is 5. The van der Waals surface area contributed by atoms with E-state index in [1.54, 1.807) is 0 Å². The molecule has 0 spiro atoms. The standard InChI is InChI=1S/C34H30N2/c1-34(2,3)26-10-9-13-29(23-26)36(27-11-5-4-6-12-27)28-19-16-24(17-20-28)25-18-21-33-31(22-25)30-14-7-8-15-32(30)35-33/h4-23,35H,1-3H3. The third-order valence-corrected chi connectivity index (χ3v) is 6.95. The summed E-state index contributed by atoms with van der Waals surface area (Å²) in [5.74, 6) is 0. The van der Waals surface area contributed by atoms with Gasteiger partial charge in [0.15, 0.2) is 0 Å². The number of nitrogens with one attached hydrogen (secondary N) is 1. The summed E-state index contributed by atoms with van der Waals surface area (Å²) in [4.78, 5) is 5.86. The van der Waals surface area contributed by atoms with Gasteiger partial charge in [-0.15, -0.1) is 0 Å². The molecule has 0 atom stereocenters. The fourth-order valence-corrected chi connectivity index (χ4v) is 4.97. The van der Waals surface area contributed by atoms with Gasteiger partial charge in [0.2, 0.25) is 0 Å². The zero-order valence-electron chi connectivity index (χ0n) is 21.0. The summed E-state index contributed by atoms with van der Waals surface area (Å²) in [5, 5.41) is 2.53. The minimum Gasteiger partial charge on any atom is -0.355 e. The molecule has 0 aliphatic carbocycles. The molecule has 2 nitrogen and oxygen atoms in total. The van der Waals surface area contributed by atoms with E-state index in [0.717, 1.165) is 11.4 Å². The van der Waals surface area contributed by atoms with Gasteiger partial charge >= 0.3 is 0 Å². The van der Waals surface area contributed by atoms with Crippen molar-refractivity contribution in [2.75, 3.05) is 4.90 Å². The number of nitrogens with zero attached hydrogens (tertiary/aromatic N) is 1. The van der Waals surface area contributed by atoms with Gasteiger partial charge < -0.3 is 9.88 Å². The van der Waals surface area contributed by atoms with Gasteiger partial charge in [0.1, 0.15) is 0 Å². The van der Waals surface area contributed by atoms with Gasteiger partial charge in [0.25, 0.3) is 0 Å². The van der Waals surface area contributed by atoms with Gasteiger partial charge in [0.05, 0.1) is 0 Å². The molecule has 0 amide bonds. The Balaban J connectivity index is 1.41. The summed E-state index contributed by atoms with van der Waals surface area (Å²) < 4.78 is 0. The zero-order valence-corrected chi connectivity index (χ0v) is 21.0. The third kappa shape index (κ3) is 4.05. The predicted octanol–water partition coefficient (Wildman–Crippen LogP) is 9.76. The fraction of sp³-hybridized carbons (Fsp3) is 0.118. The minimum absolute atomic E-state index is 0.0866. The molecule has 0 bridgehead atoms. The van der Waals surface area contributed by atoms with E-state index < -0.39 is 0 Å². The molecule has 6 aromatic rings. The van der Waals surface area contributed by atoms with Crippen LogP contribution in [-0.4, -0.2) is 4.98 Å². The van der Waals surface area contributed by atoms with Crippen molar-refractivity contribution >= 4 is 38.9 Å². The first-order chi connectivity index (χ1) is 17.5. The van der Waals surface area contributed by atoms with Crippen molar-refractivity contribution in [2.24, 2.45) is 0 Å². The van der Waals surface area contributed by atoms with Crippen LogP contribution in [0.5, 0.6) is 0 Å². The maximum Gasteiger partial charge on any atom is 0.0465 e. The average molecular weight is 467 g/mol. The van der Waals surface area contributed by atoms with Gasteiger partial charge in [-0.05, 0) is 76.7 Å². The van der Waals surface area contributed by atoms with E-state index in [1.807, 2.05) is 0 Å². The van der Waals surface area contributed by atoms with E-state index in [0.29, 0.717) is 0 Å². The largest absolute Gasteiger partial charge is 0.355 e. The molecule has 0 aliphatic heterocycles. The third-order valence-electron chi connectivity index (χ3n) is 6.95. The van der Waals surface area contributed by atoms with Crippen molar-refractivity contribution in [1.82, 2.24) is 4.98 Å². The number of hydrogen-bond donors (Lipinski definition) is 1. The number of anilines is 3. The summed E-state index contributed by atoms with van der Waals surface area (Å²) in [6.45, 7) is 6.79. The Morgan fingerprint density at radius 3 is 1.92 bits per heavy atom. The van der Waals surface area contributed by atoms with E-state index in [2.05, 4.69) is 152 Å². The van der Waals surface area contributed by atoms with Crippen LogP contribution >= 0.6 is 0 Å². The Morgan fingerprint density at radius 2 is 1.14 bits per heavy atom. The fourth-order valence-electron chi connectivity index (χ4n) is 4.97. The summed E-state index contributed by atoms with van der Waals surface area (Å²) in [6, 6.07) is 43.6. The lowest BCUT2D eigenvalue weighted by Gasteiger charge is -2.28. The van der Waals surface area contributed by atoms with Gasteiger partial charge in [-0.25, -0.2) is 0 Å². The van der Waals surface area contributed by atoms with Crippen molar-refractivity contribution in [3.05, 3.63) is 127 Å². The number of H-pyrrole nitrogens is 1. The van der Waals surface area contributed by atoms with Crippen LogP contribution < -0.4 is 4.90 Å². The van der Waals surface area contributed by atoms with E-state index in [9.17, 15) is 0 Å². The molecule has 0 saturated heterocycles. The number of hydrogen-bond acceptors (Lipinski definition) is 1.